The van der Waals surface area contributed by atoms with Crippen LogP contribution in [0.3, 0.4) is 0 Å². The van der Waals surface area contributed by atoms with Gasteiger partial charge in [0.2, 0.25) is 0 Å². The quantitative estimate of drug-likeness (QED) is 0.678. The molecule has 0 aliphatic rings. The highest BCUT2D eigenvalue weighted by molar-refractivity contribution is 5.22. The smallest absolute Gasteiger partial charge is 0.171 e. The first-order chi connectivity index (χ1) is 6.08. The van der Waals surface area contributed by atoms with Gasteiger partial charge in [0.1, 0.15) is 0 Å². The Bertz CT molecular complexity index is 238. The molecule has 0 aromatic heterocycles. The minimum atomic E-state index is -4.05. The van der Waals surface area contributed by atoms with Crippen LogP contribution in [0, 0.1) is 6.42 Å². The van der Waals surface area contributed by atoms with E-state index in [1.165, 1.54) is 0 Å². The maximum atomic E-state index is 11.7. The van der Waals surface area contributed by atoms with Gasteiger partial charge in [-0.05, 0) is 18.4 Å². The van der Waals surface area contributed by atoms with Crippen LogP contribution in [0.25, 0.3) is 0 Å². The first-order valence-electron chi connectivity index (χ1n) is 4.03. The number of hydrogen-bond acceptors (Lipinski definition) is 0. The monoisotopic (exact) mass is 187 g/mol. The van der Waals surface area contributed by atoms with E-state index in [-0.39, 0.29) is 6.42 Å². The van der Waals surface area contributed by atoms with Gasteiger partial charge in [-0.25, -0.2) is 0 Å². The van der Waals surface area contributed by atoms with Crippen molar-refractivity contribution >= 4 is 0 Å². The van der Waals surface area contributed by atoms with Crippen molar-refractivity contribution in [3.05, 3.63) is 42.3 Å². The largest absolute Gasteiger partial charge is 0.389 e. The molecule has 0 heterocycles. The van der Waals surface area contributed by atoms with Crippen molar-refractivity contribution in [1.82, 2.24) is 0 Å². The molecule has 1 radical (unpaired) electrons. The molecule has 0 atom stereocenters. The Kier molecular flexibility index (Phi) is 3.34. The zero-order valence-electron chi connectivity index (χ0n) is 7.01. The van der Waals surface area contributed by atoms with E-state index in [4.69, 9.17) is 0 Å². The second-order valence-electron chi connectivity index (χ2n) is 2.77. The Morgan fingerprint density at radius 2 is 1.69 bits per heavy atom. The first kappa shape index (κ1) is 10.1. The summed E-state index contributed by atoms with van der Waals surface area (Å²) in [6.45, 7) is 0. The highest BCUT2D eigenvalue weighted by Gasteiger charge is 2.25. The van der Waals surface area contributed by atoms with Crippen LogP contribution in [-0.2, 0) is 0 Å². The molecular formula is C10H10F3. The molecule has 3 heteroatoms. The lowest BCUT2D eigenvalue weighted by molar-refractivity contribution is -0.134. The van der Waals surface area contributed by atoms with Gasteiger partial charge >= 0.3 is 6.18 Å². The molecule has 0 bridgehead atoms. The average molecular weight is 187 g/mol. The van der Waals surface area contributed by atoms with E-state index in [1.807, 2.05) is 6.07 Å². The summed E-state index contributed by atoms with van der Waals surface area (Å²) < 4.78 is 35.2. The highest BCUT2D eigenvalue weighted by atomic mass is 19.4. The lowest BCUT2D eigenvalue weighted by Crippen LogP contribution is -2.06. The Balaban J connectivity index is 2.29. The Morgan fingerprint density at radius 1 is 1.08 bits per heavy atom. The molecule has 0 aliphatic heterocycles. The van der Waals surface area contributed by atoms with Crippen LogP contribution < -0.4 is 0 Å². The normalized spacial score (nSPS) is 11.6. The number of alkyl halides is 3. The zero-order chi connectivity index (χ0) is 9.73. The first-order valence-corrected chi connectivity index (χ1v) is 4.03. The second-order valence-corrected chi connectivity index (χ2v) is 2.77. The van der Waals surface area contributed by atoms with Gasteiger partial charge in [-0.2, -0.15) is 13.2 Å². The van der Waals surface area contributed by atoms with E-state index >= 15 is 0 Å². The third kappa shape index (κ3) is 4.55. The summed E-state index contributed by atoms with van der Waals surface area (Å²) in [5, 5.41) is 0. The Labute approximate surface area is 75.4 Å². The van der Waals surface area contributed by atoms with Crippen molar-refractivity contribution in [2.45, 2.75) is 19.0 Å². The van der Waals surface area contributed by atoms with Crippen LogP contribution in [-0.4, -0.2) is 6.18 Å². The SMILES string of the molecule is FC(F)(F)CC[CH]c1ccccc1. The molecule has 0 nitrogen and oxygen atoms in total. The van der Waals surface area contributed by atoms with Gasteiger partial charge in [-0.3, -0.25) is 0 Å². The van der Waals surface area contributed by atoms with Crippen LogP contribution in [0.5, 0.6) is 0 Å². The fourth-order valence-corrected chi connectivity index (χ4v) is 0.992. The molecular weight excluding hydrogens is 177 g/mol. The van der Waals surface area contributed by atoms with Crippen LogP contribution >= 0.6 is 0 Å². The predicted molar refractivity (Wildman–Crippen MR) is 45.1 cm³/mol. The third-order valence-electron chi connectivity index (χ3n) is 1.61. The van der Waals surface area contributed by atoms with Gasteiger partial charge in [0.05, 0.1) is 0 Å². The summed E-state index contributed by atoms with van der Waals surface area (Å²) in [4.78, 5) is 0. The predicted octanol–water partition coefficient (Wildman–Crippen LogP) is 3.58. The summed E-state index contributed by atoms with van der Waals surface area (Å²) in [5.41, 5.74) is 0.840. The Hall–Kier alpha value is -0.990. The molecule has 13 heavy (non-hydrogen) atoms. The molecule has 0 spiro atoms. The molecule has 0 unspecified atom stereocenters. The number of rotatable bonds is 3. The minimum absolute atomic E-state index is 0.0491. The van der Waals surface area contributed by atoms with Gasteiger partial charge in [0.15, 0.2) is 0 Å². The Morgan fingerprint density at radius 3 is 2.23 bits per heavy atom. The molecule has 1 rings (SSSR count). The van der Waals surface area contributed by atoms with Gasteiger partial charge in [0.25, 0.3) is 0 Å². The standard InChI is InChI=1S/C10H10F3/c11-10(12,13)8-4-7-9-5-2-1-3-6-9/h1-3,5-7H,4,8H2. The van der Waals surface area contributed by atoms with Gasteiger partial charge < -0.3 is 0 Å². The van der Waals surface area contributed by atoms with E-state index in [9.17, 15) is 13.2 Å². The van der Waals surface area contributed by atoms with E-state index in [2.05, 4.69) is 0 Å². The molecule has 1 aromatic rings. The van der Waals surface area contributed by atoms with E-state index < -0.39 is 12.6 Å². The molecule has 0 N–H and O–H groups in total. The summed E-state index contributed by atoms with van der Waals surface area (Å²) >= 11 is 0. The molecule has 0 amide bonds. The topological polar surface area (TPSA) is 0 Å². The maximum absolute atomic E-state index is 11.7. The van der Waals surface area contributed by atoms with Crippen molar-refractivity contribution in [2.24, 2.45) is 0 Å². The lowest BCUT2D eigenvalue weighted by atomic mass is 10.1. The maximum Gasteiger partial charge on any atom is 0.389 e. The van der Waals surface area contributed by atoms with Gasteiger partial charge in [0, 0.05) is 6.42 Å². The van der Waals surface area contributed by atoms with Crippen LogP contribution in [0.15, 0.2) is 30.3 Å². The summed E-state index contributed by atoms with van der Waals surface area (Å²) in [5.74, 6) is 0. The fourth-order valence-electron chi connectivity index (χ4n) is 0.992. The summed E-state index contributed by atoms with van der Waals surface area (Å²) in [7, 11) is 0. The highest BCUT2D eigenvalue weighted by Crippen LogP contribution is 2.23. The second kappa shape index (κ2) is 4.30. The van der Waals surface area contributed by atoms with Crippen molar-refractivity contribution < 1.29 is 13.2 Å². The average Bonchev–Trinajstić information content (AvgIpc) is 2.04. The van der Waals surface area contributed by atoms with Crippen molar-refractivity contribution in [3.63, 3.8) is 0 Å². The lowest BCUT2D eigenvalue weighted by Gasteiger charge is -2.04. The summed E-state index contributed by atoms with van der Waals surface area (Å²) in [6.07, 6.45) is -3.16. The molecule has 0 fully saturated rings. The number of halogens is 3. The molecule has 0 saturated heterocycles. The molecule has 71 valence electrons. The number of benzene rings is 1. The van der Waals surface area contributed by atoms with E-state index in [0.717, 1.165) is 5.56 Å². The fraction of sp³-hybridized carbons (Fsp3) is 0.300. The minimum Gasteiger partial charge on any atom is -0.171 e. The summed E-state index contributed by atoms with van der Waals surface area (Å²) in [6, 6.07) is 9.02. The molecule has 1 aromatic carbocycles. The molecule has 0 saturated carbocycles. The van der Waals surface area contributed by atoms with Crippen molar-refractivity contribution in [1.29, 1.82) is 0 Å². The molecule has 0 aliphatic carbocycles. The van der Waals surface area contributed by atoms with E-state index in [1.54, 1.807) is 30.7 Å². The zero-order valence-corrected chi connectivity index (χ0v) is 7.01. The van der Waals surface area contributed by atoms with Gasteiger partial charge in [-0.15, -0.1) is 0 Å². The van der Waals surface area contributed by atoms with Crippen molar-refractivity contribution in [3.8, 4) is 0 Å². The van der Waals surface area contributed by atoms with Crippen LogP contribution in [0.2, 0.25) is 0 Å². The third-order valence-corrected chi connectivity index (χ3v) is 1.61. The van der Waals surface area contributed by atoms with Gasteiger partial charge in [-0.1, -0.05) is 30.3 Å². The van der Waals surface area contributed by atoms with Crippen LogP contribution in [0.1, 0.15) is 18.4 Å². The number of hydrogen-bond donors (Lipinski definition) is 0. The van der Waals surface area contributed by atoms with Crippen molar-refractivity contribution in [2.75, 3.05) is 0 Å². The van der Waals surface area contributed by atoms with E-state index in [0.29, 0.717) is 0 Å². The van der Waals surface area contributed by atoms with Crippen LogP contribution in [0.4, 0.5) is 13.2 Å².